The van der Waals surface area contributed by atoms with Gasteiger partial charge in [-0.1, -0.05) is 6.08 Å². The van der Waals surface area contributed by atoms with Crippen molar-refractivity contribution in [2.24, 2.45) is 11.8 Å². The summed E-state index contributed by atoms with van der Waals surface area (Å²) in [6.07, 6.45) is 3.86. The number of hydrogen-bond donors (Lipinski definition) is 3. The fraction of sp³-hybridized carbons (Fsp3) is 0.750. The smallest absolute Gasteiger partial charge is 0.246 e. The van der Waals surface area contributed by atoms with Gasteiger partial charge in [-0.15, -0.1) is 6.58 Å². The molecule has 1 aliphatic carbocycles. The van der Waals surface area contributed by atoms with Gasteiger partial charge in [-0.05, 0) is 46.0 Å². The molecule has 1 aliphatic rings. The van der Waals surface area contributed by atoms with E-state index in [0.29, 0.717) is 12.8 Å². The molecule has 0 aromatic rings. The summed E-state index contributed by atoms with van der Waals surface area (Å²) in [5, 5.41) is 15.5. The van der Waals surface area contributed by atoms with Crippen molar-refractivity contribution in [1.29, 1.82) is 0 Å². The third-order valence-electron chi connectivity index (χ3n) is 4.01. The maximum Gasteiger partial charge on any atom is 0.246 e. The van der Waals surface area contributed by atoms with Gasteiger partial charge in [0.15, 0.2) is 0 Å². The van der Waals surface area contributed by atoms with E-state index in [1.165, 1.54) is 6.92 Å². The number of carbonyl (C=O) groups is 2. The van der Waals surface area contributed by atoms with Crippen LogP contribution >= 0.6 is 0 Å². The number of nitrogens with one attached hydrogen (secondary N) is 2. The second kappa shape index (κ2) is 6.60. The van der Waals surface area contributed by atoms with Crippen LogP contribution in [0.5, 0.6) is 0 Å². The van der Waals surface area contributed by atoms with E-state index in [2.05, 4.69) is 17.2 Å². The zero-order chi connectivity index (χ0) is 16.3. The Morgan fingerprint density at radius 1 is 1.38 bits per heavy atom. The Hall–Kier alpha value is -1.36. The quantitative estimate of drug-likeness (QED) is 0.686. The molecule has 5 heteroatoms. The number of carbonyl (C=O) groups excluding carboxylic acids is 2. The van der Waals surface area contributed by atoms with Crippen molar-refractivity contribution in [3.63, 3.8) is 0 Å². The van der Waals surface area contributed by atoms with Crippen LogP contribution in [0.15, 0.2) is 12.7 Å². The first-order chi connectivity index (χ1) is 9.64. The third-order valence-corrected chi connectivity index (χ3v) is 4.01. The molecule has 3 N–H and O–H groups in total. The molecular formula is C16H28N2O3. The Morgan fingerprint density at radius 3 is 2.43 bits per heavy atom. The second-order valence-corrected chi connectivity index (χ2v) is 7.01. The van der Waals surface area contributed by atoms with Crippen molar-refractivity contribution in [3.05, 3.63) is 12.7 Å². The van der Waals surface area contributed by atoms with Gasteiger partial charge in [0.1, 0.15) is 5.54 Å². The van der Waals surface area contributed by atoms with Crippen LogP contribution in [0.25, 0.3) is 0 Å². The van der Waals surface area contributed by atoms with Gasteiger partial charge >= 0.3 is 0 Å². The van der Waals surface area contributed by atoms with E-state index in [4.69, 9.17) is 0 Å². The van der Waals surface area contributed by atoms with Crippen LogP contribution in [0.4, 0.5) is 0 Å². The largest absolute Gasteiger partial charge is 0.396 e. The highest BCUT2D eigenvalue weighted by atomic mass is 16.3. The van der Waals surface area contributed by atoms with Gasteiger partial charge in [-0.25, -0.2) is 0 Å². The molecule has 0 radical (unpaired) electrons. The second-order valence-electron chi connectivity index (χ2n) is 7.01. The molecular weight excluding hydrogens is 268 g/mol. The molecule has 5 nitrogen and oxygen atoms in total. The van der Waals surface area contributed by atoms with Crippen LogP contribution in [0.2, 0.25) is 0 Å². The average Bonchev–Trinajstić information content (AvgIpc) is 2.35. The molecule has 0 aromatic carbocycles. The highest BCUT2D eigenvalue weighted by Crippen LogP contribution is 2.38. The van der Waals surface area contributed by atoms with Crippen LogP contribution in [-0.4, -0.2) is 34.6 Å². The van der Waals surface area contributed by atoms with Gasteiger partial charge in [-0.3, -0.25) is 9.59 Å². The number of aliphatic hydroxyl groups excluding tert-OH is 1. The molecule has 0 bridgehead atoms. The summed E-state index contributed by atoms with van der Waals surface area (Å²) >= 11 is 0. The lowest BCUT2D eigenvalue weighted by Gasteiger charge is -2.46. The molecule has 2 amide bonds. The Morgan fingerprint density at radius 2 is 2.00 bits per heavy atom. The number of hydrogen-bond acceptors (Lipinski definition) is 3. The Bertz CT molecular complexity index is 414. The standard InChI is InChI=1S/C16H28N2O3/c1-6-12-7-8-13(10-19)16(9-12,17-11(2)20)14(21)18-15(3,4)5/h6,12-13,19H,1,7-10H2,2-5H3,(H,17,20)(H,18,21). The lowest BCUT2D eigenvalue weighted by molar-refractivity contribution is -0.140. The monoisotopic (exact) mass is 296 g/mol. The normalized spacial score (nSPS) is 29.6. The lowest BCUT2D eigenvalue weighted by atomic mass is 9.67. The highest BCUT2D eigenvalue weighted by Gasteiger charge is 2.50. The van der Waals surface area contributed by atoms with Crippen LogP contribution in [0.3, 0.4) is 0 Å². The third kappa shape index (κ3) is 4.30. The topological polar surface area (TPSA) is 78.4 Å². The molecule has 0 aliphatic heterocycles. The van der Waals surface area contributed by atoms with Crippen molar-refractivity contribution in [2.45, 2.75) is 58.0 Å². The summed E-state index contributed by atoms with van der Waals surface area (Å²) in [5.41, 5.74) is -1.46. The van der Waals surface area contributed by atoms with E-state index in [-0.39, 0.29) is 30.3 Å². The molecule has 3 unspecified atom stereocenters. The van der Waals surface area contributed by atoms with Gasteiger partial charge in [-0.2, -0.15) is 0 Å². The molecule has 1 fully saturated rings. The van der Waals surface area contributed by atoms with Crippen molar-refractivity contribution in [1.82, 2.24) is 10.6 Å². The Kier molecular flexibility index (Phi) is 5.56. The molecule has 1 saturated carbocycles. The van der Waals surface area contributed by atoms with Crippen molar-refractivity contribution in [2.75, 3.05) is 6.61 Å². The predicted molar refractivity (Wildman–Crippen MR) is 82.6 cm³/mol. The minimum absolute atomic E-state index is 0.123. The van der Waals surface area contributed by atoms with Gasteiger partial charge in [0.2, 0.25) is 11.8 Å². The molecule has 3 atom stereocenters. The first-order valence-electron chi connectivity index (χ1n) is 7.49. The lowest BCUT2D eigenvalue weighted by Crippen LogP contribution is -2.67. The molecule has 21 heavy (non-hydrogen) atoms. The summed E-state index contributed by atoms with van der Waals surface area (Å²) in [6.45, 7) is 10.8. The minimum atomic E-state index is -1.06. The van der Waals surface area contributed by atoms with E-state index in [1.807, 2.05) is 26.8 Å². The molecule has 1 rings (SSSR count). The number of aliphatic hydroxyl groups is 1. The number of allylic oxidation sites excluding steroid dienone is 1. The van der Waals surface area contributed by atoms with Crippen molar-refractivity contribution >= 4 is 11.8 Å². The van der Waals surface area contributed by atoms with E-state index < -0.39 is 11.1 Å². The zero-order valence-electron chi connectivity index (χ0n) is 13.5. The molecule has 120 valence electrons. The van der Waals surface area contributed by atoms with Crippen LogP contribution in [0.1, 0.15) is 47.0 Å². The van der Waals surface area contributed by atoms with Gasteiger partial charge in [0.05, 0.1) is 0 Å². The maximum absolute atomic E-state index is 12.8. The first kappa shape index (κ1) is 17.7. The van der Waals surface area contributed by atoms with Gasteiger partial charge in [0, 0.05) is 25.0 Å². The first-order valence-corrected chi connectivity index (χ1v) is 7.49. The predicted octanol–water partition coefficient (Wildman–Crippen LogP) is 1.37. The van der Waals surface area contributed by atoms with Crippen LogP contribution in [0, 0.1) is 11.8 Å². The summed E-state index contributed by atoms with van der Waals surface area (Å²) in [4.78, 5) is 24.5. The fourth-order valence-electron chi connectivity index (χ4n) is 3.05. The molecule has 0 spiro atoms. The maximum atomic E-state index is 12.8. The Balaban J connectivity index is 3.17. The summed E-state index contributed by atoms with van der Waals surface area (Å²) in [6, 6.07) is 0. The summed E-state index contributed by atoms with van der Waals surface area (Å²) < 4.78 is 0. The SMILES string of the molecule is C=CC1CCC(CO)C(NC(C)=O)(C(=O)NC(C)(C)C)C1. The average molecular weight is 296 g/mol. The summed E-state index contributed by atoms with van der Waals surface area (Å²) in [5.74, 6) is -0.608. The summed E-state index contributed by atoms with van der Waals surface area (Å²) in [7, 11) is 0. The van der Waals surface area contributed by atoms with Crippen LogP contribution in [-0.2, 0) is 9.59 Å². The van der Waals surface area contributed by atoms with E-state index in [0.717, 1.165) is 6.42 Å². The highest BCUT2D eigenvalue weighted by molar-refractivity contribution is 5.92. The molecule has 0 heterocycles. The fourth-order valence-corrected chi connectivity index (χ4v) is 3.05. The zero-order valence-corrected chi connectivity index (χ0v) is 13.5. The van der Waals surface area contributed by atoms with Gasteiger partial charge < -0.3 is 15.7 Å². The van der Waals surface area contributed by atoms with Crippen molar-refractivity contribution < 1.29 is 14.7 Å². The van der Waals surface area contributed by atoms with E-state index in [1.54, 1.807) is 0 Å². The van der Waals surface area contributed by atoms with E-state index in [9.17, 15) is 14.7 Å². The molecule has 0 aromatic heterocycles. The number of rotatable bonds is 4. The minimum Gasteiger partial charge on any atom is -0.396 e. The molecule has 0 saturated heterocycles. The van der Waals surface area contributed by atoms with Crippen LogP contribution < -0.4 is 10.6 Å². The number of amides is 2. The van der Waals surface area contributed by atoms with E-state index >= 15 is 0 Å². The Labute approximate surface area is 127 Å². The van der Waals surface area contributed by atoms with Crippen molar-refractivity contribution in [3.8, 4) is 0 Å². The van der Waals surface area contributed by atoms with Gasteiger partial charge in [0.25, 0.3) is 0 Å².